The third kappa shape index (κ3) is 5.46. The van der Waals surface area contributed by atoms with E-state index >= 15 is 0 Å². The van der Waals surface area contributed by atoms with Gasteiger partial charge in [-0.15, -0.1) is 0 Å². The molecule has 62 valence electrons. The van der Waals surface area contributed by atoms with E-state index in [1.807, 2.05) is 25.2 Å². The summed E-state index contributed by atoms with van der Waals surface area (Å²) in [5.74, 6) is 0.838. The standard InChI is InChI=1S/C10H16O/c1-4-7-8-10(6-3)11-9-5-2/h4,6-8H,3,5,9H2,1-2H3/b7-4-,10-8+. The van der Waals surface area contributed by atoms with Crippen molar-refractivity contribution in [1.29, 1.82) is 0 Å². The molecule has 0 aliphatic carbocycles. The second-order valence-corrected chi connectivity index (χ2v) is 2.15. The molecule has 0 aromatic heterocycles. The molecule has 0 aromatic rings. The zero-order valence-corrected chi connectivity index (χ0v) is 7.34. The maximum atomic E-state index is 5.33. The molecule has 0 fully saturated rings. The minimum atomic E-state index is 0.759. The molecular formula is C10H16O. The van der Waals surface area contributed by atoms with Crippen molar-refractivity contribution in [3.63, 3.8) is 0 Å². The average molecular weight is 152 g/mol. The summed E-state index contributed by atoms with van der Waals surface area (Å²) in [6.07, 6.45) is 8.55. The van der Waals surface area contributed by atoms with Gasteiger partial charge in [-0.1, -0.05) is 25.7 Å². The van der Waals surface area contributed by atoms with E-state index in [1.54, 1.807) is 6.08 Å². The number of allylic oxidation sites excluding steroid dienone is 4. The van der Waals surface area contributed by atoms with Gasteiger partial charge in [-0.2, -0.15) is 0 Å². The minimum absolute atomic E-state index is 0.759. The Labute approximate surface area is 69.1 Å². The van der Waals surface area contributed by atoms with E-state index in [1.165, 1.54) is 0 Å². The van der Waals surface area contributed by atoms with Gasteiger partial charge in [-0.25, -0.2) is 0 Å². The third-order valence-corrected chi connectivity index (χ3v) is 1.13. The summed E-state index contributed by atoms with van der Waals surface area (Å²) >= 11 is 0. The van der Waals surface area contributed by atoms with Gasteiger partial charge in [0.2, 0.25) is 0 Å². The topological polar surface area (TPSA) is 9.23 Å². The van der Waals surface area contributed by atoms with Crippen LogP contribution < -0.4 is 0 Å². The summed E-state index contributed by atoms with van der Waals surface area (Å²) in [6.45, 7) is 8.45. The van der Waals surface area contributed by atoms with E-state index in [-0.39, 0.29) is 0 Å². The summed E-state index contributed by atoms with van der Waals surface area (Å²) in [4.78, 5) is 0. The molecule has 11 heavy (non-hydrogen) atoms. The molecule has 1 nitrogen and oxygen atoms in total. The van der Waals surface area contributed by atoms with Crippen LogP contribution >= 0.6 is 0 Å². The van der Waals surface area contributed by atoms with Gasteiger partial charge in [0.05, 0.1) is 6.61 Å². The van der Waals surface area contributed by atoms with Crippen LogP contribution in [-0.4, -0.2) is 6.61 Å². The first-order valence-electron chi connectivity index (χ1n) is 3.93. The first-order valence-corrected chi connectivity index (χ1v) is 3.93. The van der Waals surface area contributed by atoms with Crippen LogP contribution in [0, 0.1) is 0 Å². The fourth-order valence-electron chi connectivity index (χ4n) is 0.586. The van der Waals surface area contributed by atoms with E-state index in [4.69, 9.17) is 4.74 Å². The summed E-state index contributed by atoms with van der Waals surface area (Å²) in [5.41, 5.74) is 0. The van der Waals surface area contributed by atoms with Crippen LogP contribution in [0.3, 0.4) is 0 Å². The summed E-state index contributed by atoms with van der Waals surface area (Å²) < 4.78 is 5.33. The van der Waals surface area contributed by atoms with Crippen molar-refractivity contribution >= 4 is 0 Å². The molecule has 0 aromatic carbocycles. The highest BCUT2D eigenvalue weighted by Crippen LogP contribution is 1.99. The molecule has 0 heterocycles. The normalized spacial score (nSPS) is 12.0. The molecule has 0 radical (unpaired) electrons. The quantitative estimate of drug-likeness (QED) is 0.434. The van der Waals surface area contributed by atoms with Gasteiger partial charge in [0.25, 0.3) is 0 Å². The number of hydrogen-bond acceptors (Lipinski definition) is 1. The lowest BCUT2D eigenvalue weighted by atomic mass is 10.4. The number of rotatable bonds is 5. The van der Waals surface area contributed by atoms with Crippen LogP contribution in [0.5, 0.6) is 0 Å². The highest BCUT2D eigenvalue weighted by atomic mass is 16.5. The second-order valence-electron chi connectivity index (χ2n) is 2.15. The van der Waals surface area contributed by atoms with E-state index < -0.39 is 0 Å². The third-order valence-electron chi connectivity index (χ3n) is 1.13. The second kappa shape index (κ2) is 7.13. The molecule has 0 amide bonds. The van der Waals surface area contributed by atoms with Gasteiger partial charge < -0.3 is 4.74 Å². The predicted molar refractivity (Wildman–Crippen MR) is 49.3 cm³/mol. The van der Waals surface area contributed by atoms with Crippen molar-refractivity contribution in [3.05, 3.63) is 36.6 Å². The molecule has 0 atom stereocenters. The maximum Gasteiger partial charge on any atom is 0.118 e. The monoisotopic (exact) mass is 152 g/mol. The maximum absolute atomic E-state index is 5.33. The largest absolute Gasteiger partial charge is 0.494 e. The molecule has 0 spiro atoms. The van der Waals surface area contributed by atoms with Gasteiger partial charge in [0.1, 0.15) is 5.76 Å². The molecule has 0 saturated carbocycles. The van der Waals surface area contributed by atoms with Crippen molar-refractivity contribution in [3.8, 4) is 0 Å². The lowest BCUT2D eigenvalue weighted by molar-refractivity contribution is 0.225. The van der Waals surface area contributed by atoms with E-state index in [2.05, 4.69) is 13.5 Å². The molecule has 0 bridgehead atoms. The zero-order chi connectivity index (χ0) is 8.53. The SMILES string of the molecule is C=C/C(=C\C=C/C)OCCC. The van der Waals surface area contributed by atoms with Gasteiger partial charge in [0.15, 0.2) is 0 Å². The highest BCUT2D eigenvalue weighted by molar-refractivity contribution is 5.15. The molecule has 1 heteroatoms. The molecule has 0 unspecified atom stereocenters. The Morgan fingerprint density at radius 2 is 2.27 bits per heavy atom. The first-order chi connectivity index (χ1) is 5.35. The number of ether oxygens (including phenoxy) is 1. The zero-order valence-electron chi connectivity index (χ0n) is 7.34. The van der Waals surface area contributed by atoms with Crippen LogP contribution in [-0.2, 0) is 4.74 Å². The molecule has 0 aliphatic heterocycles. The molecule has 0 N–H and O–H groups in total. The Kier molecular flexibility index (Phi) is 6.50. The van der Waals surface area contributed by atoms with E-state index in [9.17, 15) is 0 Å². The summed E-state index contributed by atoms with van der Waals surface area (Å²) in [5, 5.41) is 0. The van der Waals surface area contributed by atoms with Crippen LogP contribution in [0.2, 0.25) is 0 Å². The summed E-state index contributed by atoms with van der Waals surface area (Å²) in [7, 11) is 0. The van der Waals surface area contributed by atoms with Crippen molar-refractivity contribution in [2.24, 2.45) is 0 Å². The average Bonchev–Trinajstić information content (AvgIpc) is 2.05. The minimum Gasteiger partial charge on any atom is -0.494 e. The highest BCUT2D eigenvalue weighted by Gasteiger charge is 1.86. The van der Waals surface area contributed by atoms with Crippen molar-refractivity contribution in [2.75, 3.05) is 6.61 Å². The Morgan fingerprint density at radius 3 is 2.73 bits per heavy atom. The smallest absolute Gasteiger partial charge is 0.118 e. The van der Waals surface area contributed by atoms with Crippen LogP contribution in [0.15, 0.2) is 36.6 Å². The Bertz CT molecular complexity index is 154. The van der Waals surface area contributed by atoms with Crippen molar-refractivity contribution < 1.29 is 4.74 Å². The van der Waals surface area contributed by atoms with Crippen LogP contribution in [0.4, 0.5) is 0 Å². The lowest BCUT2D eigenvalue weighted by Gasteiger charge is -2.02. The van der Waals surface area contributed by atoms with Crippen molar-refractivity contribution in [2.45, 2.75) is 20.3 Å². The molecule has 0 aliphatic rings. The van der Waals surface area contributed by atoms with Crippen molar-refractivity contribution in [1.82, 2.24) is 0 Å². The Hall–Kier alpha value is -0.980. The van der Waals surface area contributed by atoms with Gasteiger partial charge in [-0.05, 0) is 25.5 Å². The van der Waals surface area contributed by atoms with Crippen LogP contribution in [0.25, 0.3) is 0 Å². The van der Waals surface area contributed by atoms with E-state index in [0.717, 1.165) is 18.8 Å². The molecular weight excluding hydrogens is 136 g/mol. The predicted octanol–water partition coefficient (Wildman–Crippen LogP) is 3.06. The van der Waals surface area contributed by atoms with Gasteiger partial charge in [0, 0.05) is 0 Å². The first kappa shape index (κ1) is 10.0. The Balaban J connectivity index is 3.83. The van der Waals surface area contributed by atoms with Gasteiger partial charge >= 0.3 is 0 Å². The molecule has 0 rings (SSSR count). The summed E-state index contributed by atoms with van der Waals surface area (Å²) in [6, 6.07) is 0. The molecule has 0 saturated heterocycles. The fraction of sp³-hybridized carbons (Fsp3) is 0.400. The van der Waals surface area contributed by atoms with Crippen LogP contribution in [0.1, 0.15) is 20.3 Å². The Morgan fingerprint density at radius 1 is 1.55 bits per heavy atom. The lowest BCUT2D eigenvalue weighted by Crippen LogP contribution is -1.89. The fourth-order valence-corrected chi connectivity index (χ4v) is 0.586. The van der Waals surface area contributed by atoms with E-state index in [0.29, 0.717) is 0 Å². The van der Waals surface area contributed by atoms with Gasteiger partial charge in [-0.3, -0.25) is 0 Å². The number of hydrogen-bond donors (Lipinski definition) is 0.